The highest BCUT2D eigenvalue weighted by atomic mass is 79.9. The minimum absolute atomic E-state index is 0.812. The molecular formula is C8H7BrN2O. The number of hydrogen-bond donors (Lipinski definition) is 1. The molecule has 0 aliphatic heterocycles. The van der Waals surface area contributed by atoms with E-state index in [0.717, 1.165) is 21.1 Å². The number of rotatable bonds is 1. The topological polar surface area (TPSA) is 37.9 Å². The number of fused-ring (bicyclic) bond motifs is 1. The molecule has 1 N–H and O–H groups in total. The van der Waals surface area contributed by atoms with Gasteiger partial charge in [0.25, 0.3) is 0 Å². The maximum atomic E-state index is 5.13. The largest absolute Gasteiger partial charge is 0.495 e. The molecule has 2 rings (SSSR count). The maximum Gasteiger partial charge on any atom is 0.135 e. The molecule has 2 aromatic rings. The van der Waals surface area contributed by atoms with Crippen LogP contribution in [0, 0.1) is 0 Å². The third-order valence-electron chi connectivity index (χ3n) is 1.74. The zero-order valence-corrected chi connectivity index (χ0v) is 8.05. The molecule has 0 aliphatic rings. The van der Waals surface area contributed by atoms with Crippen LogP contribution in [0.1, 0.15) is 0 Å². The number of ether oxygens (including phenoxy) is 1. The van der Waals surface area contributed by atoms with Crippen molar-refractivity contribution in [2.75, 3.05) is 7.11 Å². The third kappa shape index (κ3) is 0.992. The summed E-state index contributed by atoms with van der Waals surface area (Å²) in [6, 6.07) is 3.87. The van der Waals surface area contributed by atoms with Crippen LogP contribution in [0.2, 0.25) is 0 Å². The number of nitrogens with zero attached hydrogens (tertiary/aromatic N) is 1. The van der Waals surface area contributed by atoms with Gasteiger partial charge in [0.15, 0.2) is 0 Å². The molecule has 12 heavy (non-hydrogen) atoms. The number of nitrogens with one attached hydrogen (secondary N) is 1. The summed E-state index contributed by atoms with van der Waals surface area (Å²) in [5, 5.41) is 7.88. The molecule has 0 atom stereocenters. The van der Waals surface area contributed by atoms with E-state index in [1.54, 1.807) is 13.3 Å². The van der Waals surface area contributed by atoms with Crippen molar-refractivity contribution in [1.29, 1.82) is 0 Å². The van der Waals surface area contributed by atoms with Crippen molar-refractivity contribution < 1.29 is 4.74 Å². The minimum atomic E-state index is 0.812. The number of aromatic nitrogens is 2. The number of benzene rings is 1. The van der Waals surface area contributed by atoms with Crippen molar-refractivity contribution >= 4 is 26.8 Å². The number of methoxy groups -OCH3 is 1. The van der Waals surface area contributed by atoms with Crippen LogP contribution in [-0.2, 0) is 0 Å². The van der Waals surface area contributed by atoms with Gasteiger partial charge in [-0.05, 0) is 28.1 Å². The summed E-state index contributed by atoms with van der Waals surface area (Å²) in [7, 11) is 1.64. The normalized spacial score (nSPS) is 10.5. The standard InChI is InChI=1S/C8H7BrN2O/c1-12-6-3-2-5-4-10-11-8(5)7(6)9/h2-4H,1H3,(H,10,11). The van der Waals surface area contributed by atoms with Gasteiger partial charge in [-0.25, -0.2) is 0 Å². The summed E-state index contributed by atoms with van der Waals surface area (Å²) in [5.74, 6) is 0.812. The molecular weight excluding hydrogens is 220 g/mol. The van der Waals surface area contributed by atoms with Crippen molar-refractivity contribution in [3.63, 3.8) is 0 Å². The molecule has 0 aliphatic carbocycles. The zero-order valence-electron chi connectivity index (χ0n) is 6.47. The van der Waals surface area contributed by atoms with Crippen LogP contribution in [0.25, 0.3) is 10.9 Å². The van der Waals surface area contributed by atoms with Crippen molar-refractivity contribution in [1.82, 2.24) is 10.2 Å². The SMILES string of the molecule is COc1ccc2cn[nH]c2c1Br. The minimum Gasteiger partial charge on any atom is -0.495 e. The second kappa shape index (κ2) is 2.79. The van der Waals surface area contributed by atoms with E-state index in [0.29, 0.717) is 0 Å². The van der Waals surface area contributed by atoms with Crippen molar-refractivity contribution in [3.05, 3.63) is 22.8 Å². The fraction of sp³-hybridized carbons (Fsp3) is 0.125. The second-order valence-corrected chi connectivity index (χ2v) is 3.21. The predicted molar refractivity (Wildman–Crippen MR) is 50.3 cm³/mol. The van der Waals surface area contributed by atoms with E-state index in [2.05, 4.69) is 26.1 Å². The zero-order chi connectivity index (χ0) is 8.55. The fourth-order valence-corrected chi connectivity index (χ4v) is 1.73. The van der Waals surface area contributed by atoms with Gasteiger partial charge < -0.3 is 4.74 Å². The van der Waals surface area contributed by atoms with Crippen LogP contribution in [-0.4, -0.2) is 17.3 Å². The number of H-pyrrole nitrogens is 1. The molecule has 1 heterocycles. The first kappa shape index (κ1) is 7.61. The number of aromatic amines is 1. The molecule has 0 amide bonds. The lowest BCUT2D eigenvalue weighted by Crippen LogP contribution is -1.84. The van der Waals surface area contributed by atoms with Gasteiger partial charge in [0.1, 0.15) is 5.75 Å². The molecule has 0 saturated carbocycles. The van der Waals surface area contributed by atoms with E-state index < -0.39 is 0 Å². The van der Waals surface area contributed by atoms with E-state index in [9.17, 15) is 0 Å². The summed E-state index contributed by atoms with van der Waals surface area (Å²) in [6.07, 6.45) is 1.78. The van der Waals surface area contributed by atoms with Crippen molar-refractivity contribution in [3.8, 4) is 5.75 Å². The number of halogens is 1. The summed E-state index contributed by atoms with van der Waals surface area (Å²) >= 11 is 3.42. The highest BCUT2D eigenvalue weighted by Gasteiger charge is 2.05. The van der Waals surface area contributed by atoms with Gasteiger partial charge in [0, 0.05) is 5.39 Å². The van der Waals surface area contributed by atoms with Gasteiger partial charge in [-0.3, -0.25) is 5.10 Å². The van der Waals surface area contributed by atoms with Gasteiger partial charge >= 0.3 is 0 Å². The summed E-state index contributed by atoms with van der Waals surface area (Å²) in [4.78, 5) is 0. The summed E-state index contributed by atoms with van der Waals surface area (Å²) < 4.78 is 6.04. The predicted octanol–water partition coefficient (Wildman–Crippen LogP) is 2.33. The van der Waals surface area contributed by atoms with Crippen LogP contribution in [0.4, 0.5) is 0 Å². The average Bonchev–Trinajstić information content (AvgIpc) is 2.53. The van der Waals surface area contributed by atoms with Gasteiger partial charge in [0.2, 0.25) is 0 Å². The smallest absolute Gasteiger partial charge is 0.135 e. The second-order valence-electron chi connectivity index (χ2n) is 2.42. The van der Waals surface area contributed by atoms with Crippen LogP contribution in [0.15, 0.2) is 22.8 Å². The van der Waals surface area contributed by atoms with Crippen LogP contribution in [0.5, 0.6) is 5.75 Å². The van der Waals surface area contributed by atoms with Crippen LogP contribution in [0.3, 0.4) is 0 Å². The van der Waals surface area contributed by atoms with Gasteiger partial charge in [-0.15, -0.1) is 0 Å². The molecule has 0 saturated heterocycles. The monoisotopic (exact) mass is 226 g/mol. The molecule has 3 nitrogen and oxygen atoms in total. The van der Waals surface area contributed by atoms with Gasteiger partial charge in [-0.1, -0.05) is 0 Å². The Labute approximate surface area is 77.9 Å². The van der Waals surface area contributed by atoms with Crippen molar-refractivity contribution in [2.24, 2.45) is 0 Å². The Balaban J connectivity index is 2.78. The van der Waals surface area contributed by atoms with E-state index in [-0.39, 0.29) is 0 Å². The Morgan fingerprint density at radius 1 is 1.50 bits per heavy atom. The van der Waals surface area contributed by atoms with Crippen LogP contribution < -0.4 is 4.74 Å². The van der Waals surface area contributed by atoms with Gasteiger partial charge in [0.05, 0.1) is 23.3 Å². The molecule has 0 radical (unpaired) electrons. The lowest BCUT2D eigenvalue weighted by molar-refractivity contribution is 0.413. The maximum absolute atomic E-state index is 5.13. The van der Waals surface area contributed by atoms with Crippen molar-refractivity contribution in [2.45, 2.75) is 0 Å². The average molecular weight is 227 g/mol. The molecule has 1 aromatic heterocycles. The lowest BCUT2D eigenvalue weighted by Gasteiger charge is -2.02. The van der Waals surface area contributed by atoms with E-state index in [4.69, 9.17) is 4.74 Å². The highest BCUT2D eigenvalue weighted by Crippen LogP contribution is 2.31. The molecule has 0 fully saturated rings. The molecule has 0 spiro atoms. The summed E-state index contributed by atoms with van der Waals surface area (Å²) in [5.41, 5.74) is 0.967. The van der Waals surface area contributed by atoms with E-state index in [1.807, 2.05) is 12.1 Å². The third-order valence-corrected chi connectivity index (χ3v) is 2.53. The summed E-state index contributed by atoms with van der Waals surface area (Å²) in [6.45, 7) is 0. The lowest BCUT2D eigenvalue weighted by atomic mass is 10.2. The van der Waals surface area contributed by atoms with Crippen LogP contribution >= 0.6 is 15.9 Å². The molecule has 0 unspecified atom stereocenters. The highest BCUT2D eigenvalue weighted by molar-refractivity contribution is 9.10. The first-order chi connectivity index (χ1) is 5.83. The van der Waals surface area contributed by atoms with E-state index in [1.165, 1.54) is 0 Å². The van der Waals surface area contributed by atoms with E-state index >= 15 is 0 Å². The quantitative estimate of drug-likeness (QED) is 0.811. The Kier molecular flexibility index (Phi) is 1.77. The Bertz CT molecular complexity index is 410. The first-order valence-corrected chi connectivity index (χ1v) is 4.28. The fourth-order valence-electron chi connectivity index (χ4n) is 1.12. The molecule has 62 valence electrons. The Morgan fingerprint density at radius 3 is 3.08 bits per heavy atom. The molecule has 0 bridgehead atoms. The van der Waals surface area contributed by atoms with Gasteiger partial charge in [-0.2, -0.15) is 5.10 Å². The Morgan fingerprint density at radius 2 is 2.33 bits per heavy atom. The molecule has 1 aromatic carbocycles. The number of hydrogen-bond acceptors (Lipinski definition) is 2. The molecule has 4 heteroatoms. The Hall–Kier alpha value is -1.03. The first-order valence-electron chi connectivity index (χ1n) is 3.48.